The average Bonchev–Trinajstić information content (AvgIpc) is 3.25. The van der Waals surface area contributed by atoms with Crippen molar-refractivity contribution in [2.75, 3.05) is 7.05 Å². The zero-order valence-electron chi connectivity index (χ0n) is 12.8. The molecule has 1 aromatic carbocycles. The van der Waals surface area contributed by atoms with Crippen LogP contribution in [0.25, 0.3) is 11.3 Å². The molecular formula is C17H16FN3O2. The van der Waals surface area contributed by atoms with Crippen LogP contribution in [0, 0.1) is 5.82 Å². The smallest absolute Gasteiger partial charge is 0.272 e. The Labute approximate surface area is 132 Å². The molecule has 0 saturated carbocycles. The van der Waals surface area contributed by atoms with Gasteiger partial charge in [-0.25, -0.2) is 4.39 Å². The number of furan rings is 1. The number of H-pyrrole nitrogens is 1. The van der Waals surface area contributed by atoms with Gasteiger partial charge >= 0.3 is 0 Å². The molecule has 0 aliphatic rings. The van der Waals surface area contributed by atoms with Crippen molar-refractivity contribution in [3.05, 3.63) is 66.0 Å². The van der Waals surface area contributed by atoms with Crippen molar-refractivity contribution in [3.8, 4) is 11.3 Å². The fourth-order valence-electron chi connectivity index (χ4n) is 2.29. The first-order valence-electron chi connectivity index (χ1n) is 7.18. The van der Waals surface area contributed by atoms with Crippen LogP contribution in [0.1, 0.15) is 29.2 Å². The minimum Gasteiger partial charge on any atom is -0.467 e. The third-order valence-electron chi connectivity index (χ3n) is 3.80. The van der Waals surface area contributed by atoms with Crippen molar-refractivity contribution in [2.45, 2.75) is 13.0 Å². The van der Waals surface area contributed by atoms with E-state index in [9.17, 15) is 9.18 Å². The largest absolute Gasteiger partial charge is 0.467 e. The van der Waals surface area contributed by atoms with Crippen LogP contribution in [0.15, 0.2) is 53.1 Å². The Balaban J connectivity index is 1.79. The first-order chi connectivity index (χ1) is 11.1. The molecule has 0 aliphatic heterocycles. The summed E-state index contributed by atoms with van der Waals surface area (Å²) in [6.07, 6.45) is 1.58. The van der Waals surface area contributed by atoms with E-state index in [0.29, 0.717) is 17.1 Å². The van der Waals surface area contributed by atoms with Gasteiger partial charge in [-0.3, -0.25) is 9.89 Å². The van der Waals surface area contributed by atoms with E-state index in [1.54, 1.807) is 42.5 Å². The second-order valence-electron chi connectivity index (χ2n) is 5.28. The summed E-state index contributed by atoms with van der Waals surface area (Å²) in [6, 6.07) is 11.0. The summed E-state index contributed by atoms with van der Waals surface area (Å²) in [4.78, 5) is 14.1. The number of aromatic amines is 1. The predicted octanol–water partition coefficient (Wildman–Crippen LogP) is 3.64. The van der Waals surface area contributed by atoms with Crippen molar-refractivity contribution in [2.24, 2.45) is 0 Å². The Hall–Kier alpha value is -2.89. The molecule has 118 valence electrons. The number of nitrogens with zero attached hydrogens (tertiary/aromatic N) is 2. The Morgan fingerprint density at radius 3 is 2.70 bits per heavy atom. The Bertz CT molecular complexity index is 794. The molecule has 1 amide bonds. The van der Waals surface area contributed by atoms with Crippen molar-refractivity contribution in [1.29, 1.82) is 0 Å². The van der Waals surface area contributed by atoms with E-state index >= 15 is 0 Å². The van der Waals surface area contributed by atoms with E-state index in [2.05, 4.69) is 10.2 Å². The lowest BCUT2D eigenvalue weighted by atomic mass is 10.1. The molecule has 1 atom stereocenters. The van der Waals surface area contributed by atoms with Gasteiger partial charge in [0, 0.05) is 12.6 Å². The molecule has 0 radical (unpaired) electrons. The van der Waals surface area contributed by atoms with Gasteiger partial charge in [-0.15, -0.1) is 0 Å². The Morgan fingerprint density at radius 1 is 1.30 bits per heavy atom. The summed E-state index contributed by atoms with van der Waals surface area (Å²) in [5.41, 5.74) is 1.70. The minimum atomic E-state index is -0.312. The van der Waals surface area contributed by atoms with Crippen molar-refractivity contribution >= 4 is 5.91 Å². The minimum absolute atomic E-state index is 0.199. The van der Waals surface area contributed by atoms with Gasteiger partial charge in [0.05, 0.1) is 18.0 Å². The topological polar surface area (TPSA) is 62.1 Å². The van der Waals surface area contributed by atoms with E-state index in [1.165, 1.54) is 12.1 Å². The average molecular weight is 313 g/mol. The third-order valence-corrected chi connectivity index (χ3v) is 3.80. The summed E-state index contributed by atoms with van der Waals surface area (Å²) >= 11 is 0. The number of amides is 1. The van der Waals surface area contributed by atoms with Crippen LogP contribution < -0.4 is 0 Å². The van der Waals surface area contributed by atoms with Gasteiger partial charge < -0.3 is 9.32 Å². The maximum Gasteiger partial charge on any atom is 0.272 e. The third kappa shape index (κ3) is 3.01. The quantitative estimate of drug-likeness (QED) is 0.800. The van der Waals surface area contributed by atoms with Gasteiger partial charge in [0.1, 0.15) is 17.3 Å². The summed E-state index contributed by atoms with van der Waals surface area (Å²) < 4.78 is 18.3. The lowest BCUT2D eigenvalue weighted by molar-refractivity contribution is 0.0720. The summed E-state index contributed by atoms with van der Waals surface area (Å²) in [5, 5.41) is 6.86. The fraction of sp³-hybridized carbons (Fsp3) is 0.176. The number of carbonyl (C=O) groups is 1. The second kappa shape index (κ2) is 6.08. The van der Waals surface area contributed by atoms with E-state index in [0.717, 1.165) is 5.56 Å². The molecule has 3 aromatic rings. The maximum atomic E-state index is 13.0. The number of aromatic nitrogens is 2. The molecule has 0 aliphatic carbocycles. The van der Waals surface area contributed by atoms with E-state index in [4.69, 9.17) is 4.42 Å². The number of benzene rings is 1. The van der Waals surface area contributed by atoms with Gasteiger partial charge in [-0.05, 0) is 49.4 Å². The highest BCUT2D eigenvalue weighted by atomic mass is 19.1. The first-order valence-corrected chi connectivity index (χ1v) is 7.18. The lowest BCUT2D eigenvalue weighted by Gasteiger charge is -2.22. The number of carbonyl (C=O) groups excluding carboxylic acids is 1. The van der Waals surface area contributed by atoms with Crippen LogP contribution in [0.2, 0.25) is 0 Å². The molecule has 3 rings (SSSR count). The van der Waals surface area contributed by atoms with Gasteiger partial charge in [0.2, 0.25) is 0 Å². The fourth-order valence-corrected chi connectivity index (χ4v) is 2.29. The lowest BCUT2D eigenvalue weighted by Crippen LogP contribution is -2.29. The molecule has 23 heavy (non-hydrogen) atoms. The highest BCUT2D eigenvalue weighted by molar-refractivity contribution is 5.93. The van der Waals surface area contributed by atoms with Crippen LogP contribution in [-0.4, -0.2) is 28.1 Å². The monoisotopic (exact) mass is 313 g/mol. The molecule has 0 saturated heterocycles. The van der Waals surface area contributed by atoms with Crippen molar-refractivity contribution < 1.29 is 13.6 Å². The SMILES string of the molecule is CC(c1ccco1)N(C)C(=O)c1cc(-c2ccc(F)cc2)n[nH]1. The molecule has 5 nitrogen and oxygen atoms in total. The van der Waals surface area contributed by atoms with Gasteiger partial charge in [-0.2, -0.15) is 5.10 Å². The van der Waals surface area contributed by atoms with Crippen molar-refractivity contribution in [1.82, 2.24) is 15.1 Å². The van der Waals surface area contributed by atoms with Crippen LogP contribution in [-0.2, 0) is 0 Å². The van der Waals surface area contributed by atoms with Gasteiger partial charge in [0.25, 0.3) is 5.91 Å². The zero-order valence-corrected chi connectivity index (χ0v) is 12.8. The normalized spacial score (nSPS) is 12.1. The van der Waals surface area contributed by atoms with Gasteiger partial charge in [0.15, 0.2) is 0 Å². The molecule has 2 aromatic heterocycles. The van der Waals surface area contributed by atoms with Crippen LogP contribution in [0.4, 0.5) is 4.39 Å². The highest BCUT2D eigenvalue weighted by Gasteiger charge is 2.22. The predicted molar refractivity (Wildman–Crippen MR) is 83.2 cm³/mol. The number of halogens is 1. The number of nitrogens with one attached hydrogen (secondary N) is 1. The van der Waals surface area contributed by atoms with E-state index in [-0.39, 0.29) is 17.8 Å². The molecule has 0 fully saturated rings. The van der Waals surface area contributed by atoms with Gasteiger partial charge in [-0.1, -0.05) is 0 Å². The van der Waals surface area contributed by atoms with E-state index < -0.39 is 0 Å². The Morgan fingerprint density at radius 2 is 2.04 bits per heavy atom. The van der Waals surface area contributed by atoms with E-state index in [1.807, 2.05) is 13.0 Å². The molecule has 2 heterocycles. The summed E-state index contributed by atoms with van der Waals surface area (Å²) in [6.45, 7) is 1.88. The molecule has 1 unspecified atom stereocenters. The van der Waals surface area contributed by atoms with Crippen LogP contribution in [0.5, 0.6) is 0 Å². The second-order valence-corrected chi connectivity index (χ2v) is 5.28. The number of hydrogen-bond acceptors (Lipinski definition) is 3. The standard InChI is InChI=1S/C17H16FN3O2/c1-11(16-4-3-9-23-16)21(2)17(22)15-10-14(19-20-15)12-5-7-13(18)8-6-12/h3-11H,1-2H3,(H,19,20). The zero-order chi connectivity index (χ0) is 16.4. The number of hydrogen-bond donors (Lipinski definition) is 1. The molecule has 1 N–H and O–H groups in total. The molecular weight excluding hydrogens is 297 g/mol. The molecule has 0 bridgehead atoms. The highest BCUT2D eigenvalue weighted by Crippen LogP contribution is 2.22. The summed E-state index contributed by atoms with van der Waals surface area (Å²) in [7, 11) is 1.70. The van der Waals surface area contributed by atoms with Crippen molar-refractivity contribution in [3.63, 3.8) is 0 Å². The Kier molecular flexibility index (Phi) is 3.97. The number of rotatable bonds is 4. The molecule has 0 spiro atoms. The molecule has 6 heteroatoms. The van der Waals surface area contributed by atoms with Crippen LogP contribution >= 0.6 is 0 Å². The maximum absolute atomic E-state index is 13.0. The first kappa shape index (κ1) is 15.0. The van der Waals surface area contributed by atoms with Crippen LogP contribution in [0.3, 0.4) is 0 Å². The summed E-state index contributed by atoms with van der Waals surface area (Å²) in [5.74, 6) is 0.196.